The molecule has 0 radical (unpaired) electrons. The van der Waals surface area contributed by atoms with Crippen molar-refractivity contribution in [1.82, 2.24) is 9.21 Å². The molecule has 1 saturated heterocycles. The molecule has 1 amide bonds. The fourth-order valence-electron chi connectivity index (χ4n) is 2.26. The molecule has 0 spiro atoms. The SMILES string of the molecule is CCS(=O)(=O)N1CCN(C(=O)c2cc(O)c(O)c(O)c2)CC1. The second-order valence-electron chi connectivity index (χ2n) is 4.95. The number of nitrogens with zero attached hydrogens (tertiary/aromatic N) is 2. The van der Waals surface area contributed by atoms with Crippen molar-refractivity contribution in [3.05, 3.63) is 17.7 Å². The zero-order valence-corrected chi connectivity index (χ0v) is 12.9. The first-order valence-electron chi connectivity index (χ1n) is 6.78. The van der Waals surface area contributed by atoms with Gasteiger partial charge in [-0.2, -0.15) is 4.31 Å². The predicted octanol–water partition coefficient (Wildman–Crippen LogP) is -0.0891. The van der Waals surface area contributed by atoms with E-state index in [4.69, 9.17) is 0 Å². The Balaban J connectivity index is 2.10. The van der Waals surface area contributed by atoms with Gasteiger partial charge in [0.25, 0.3) is 5.91 Å². The smallest absolute Gasteiger partial charge is 0.254 e. The van der Waals surface area contributed by atoms with Gasteiger partial charge in [0.2, 0.25) is 10.0 Å². The van der Waals surface area contributed by atoms with Crippen LogP contribution in [0.25, 0.3) is 0 Å². The summed E-state index contributed by atoms with van der Waals surface area (Å²) in [6.45, 7) is 2.42. The molecule has 0 aliphatic carbocycles. The summed E-state index contributed by atoms with van der Waals surface area (Å²) < 4.78 is 24.8. The molecule has 22 heavy (non-hydrogen) atoms. The van der Waals surface area contributed by atoms with E-state index in [0.29, 0.717) is 0 Å². The lowest BCUT2D eigenvalue weighted by atomic mass is 10.1. The minimum atomic E-state index is -3.27. The number of aromatic hydroxyl groups is 3. The number of rotatable bonds is 3. The topological polar surface area (TPSA) is 118 Å². The minimum absolute atomic E-state index is 0.0145. The van der Waals surface area contributed by atoms with E-state index >= 15 is 0 Å². The molecule has 3 N–H and O–H groups in total. The van der Waals surface area contributed by atoms with Gasteiger partial charge in [0.1, 0.15) is 0 Å². The van der Waals surface area contributed by atoms with Gasteiger partial charge >= 0.3 is 0 Å². The summed E-state index contributed by atoms with van der Waals surface area (Å²) in [5.41, 5.74) is 0.0274. The van der Waals surface area contributed by atoms with Crippen LogP contribution in [0.3, 0.4) is 0 Å². The molecule has 0 atom stereocenters. The number of benzene rings is 1. The number of phenols is 3. The van der Waals surface area contributed by atoms with Crippen LogP contribution in [0.4, 0.5) is 0 Å². The van der Waals surface area contributed by atoms with Crippen molar-refractivity contribution < 1.29 is 28.5 Å². The van der Waals surface area contributed by atoms with Gasteiger partial charge < -0.3 is 20.2 Å². The van der Waals surface area contributed by atoms with Crippen molar-refractivity contribution in [3.63, 3.8) is 0 Å². The molecule has 0 aromatic heterocycles. The zero-order valence-electron chi connectivity index (χ0n) is 12.1. The molecule has 1 aliphatic rings. The maximum absolute atomic E-state index is 12.3. The summed E-state index contributed by atoms with van der Waals surface area (Å²) in [6.07, 6.45) is 0. The zero-order chi connectivity index (χ0) is 16.5. The normalized spacial score (nSPS) is 16.7. The Labute approximate surface area is 128 Å². The van der Waals surface area contributed by atoms with Gasteiger partial charge in [-0.15, -0.1) is 0 Å². The van der Waals surface area contributed by atoms with E-state index in [9.17, 15) is 28.5 Å². The summed E-state index contributed by atoms with van der Waals surface area (Å²) in [6, 6.07) is 2.12. The molecule has 1 fully saturated rings. The first-order valence-corrected chi connectivity index (χ1v) is 8.39. The van der Waals surface area contributed by atoms with Gasteiger partial charge in [0.15, 0.2) is 17.2 Å². The first-order chi connectivity index (χ1) is 10.3. The average Bonchev–Trinajstić information content (AvgIpc) is 2.51. The maximum atomic E-state index is 12.3. The van der Waals surface area contributed by atoms with Gasteiger partial charge in [0, 0.05) is 31.7 Å². The highest BCUT2D eigenvalue weighted by molar-refractivity contribution is 7.89. The molecule has 8 nitrogen and oxygen atoms in total. The van der Waals surface area contributed by atoms with Crippen LogP contribution in [-0.4, -0.2) is 70.8 Å². The molecule has 1 heterocycles. The summed E-state index contributed by atoms with van der Waals surface area (Å²) >= 11 is 0. The number of phenolic OH excluding ortho intramolecular Hbond substituents is 3. The van der Waals surface area contributed by atoms with E-state index in [-0.39, 0.29) is 37.5 Å². The number of hydrogen-bond acceptors (Lipinski definition) is 6. The van der Waals surface area contributed by atoms with Gasteiger partial charge in [0.05, 0.1) is 5.75 Å². The van der Waals surface area contributed by atoms with Gasteiger partial charge in [-0.05, 0) is 19.1 Å². The molecule has 1 aromatic carbocycles. The van der Waals surface area contributed by atoms with Crippen molar-refractivity contribution in [2.75, 3.05) is 31.9 Å². The third-order valence-corrected chi connectivity index (χ3v) is 5.48. The number of amides is 1. The number of sulfonamides is 1. The Morgan fingerprint density at radius 2 is 1.59 bits per heavy atom. The molecule has 1 aliphatic heterocycles. The fraction of sp³-hybridized carbons (Fsp3) is 0.462. The van der Waals surface area contributed by atoms with Crippen LogP contribution < -0.4 is 0 Å². The second-order valence-corrected chi connectivity index (χ2v) is 7.21. The highest BCUT2D eigenvalue weighted by Crippen LogP contribution is 2.35. The number of carbonyl (C=O) groups is 1. The van der Waals surface area contributed by atoms with Gasteiger partial charge in [-0.25, -0.2) is 8.42 Å². The van der Waals surface area contributed by atoms with Crippen molar-refractivity contribution in [2.24, 2.45) is 0 Å². The minimum Gasteiger partial charge on any atom is -0.504 e. The van der Waals surface area contributed by atoms with Crippen LogP contribution in [-0.2, 0) is 10.0 Å². The van der Waals surface area contributed by atoms with Crippen LogP contribution in [0, 0.1) is 0 Å². The van der Waals surface area contributed by atoms with Crippen LogP contribution in [0.5, 0.6) is 17.2 Å². The third kappa shape index (κ3) is 3.09. The van der Waals surface area contributed by atoms with Crippen molar-refractivity contribution >= 4 is 15.9 Å². The average molecular weight is 330 g/mol. The number of carbonyl (C=O) groups excluding carboxylic acids is 1. The highest BCUT2D eigenvalue weighted by Gasteiger charge is 2.28. The molecule has 0 unspecified atom stereocenters. The molecular weight excluding hydrogens is 312 g/mol. The Bertz CT molecular complexity index is 657. The Morgan fingerprint density at radius 3 is 2.05 bits per heavy atom. The third-order valence-electron chi connectivity index (χ3n) is 3.60. The largest absolute Gasteiger partial charge is 0.504 e. The molecule has 0 bridgehead atoms. The van der Waals surface area contributed by atoms with Crippen LogP contribution in [0.2, 0.25) is 0 Å². The lowest BCUT2D eigenvalue weighted by Crippen LogP contribution is -2.50. The Morgan fingerprint density at radius 1 is 1.09 bits per heavy atom. The maximum Gasteiger partial charge on any atom is 0.254 e. The van der Waals surface area contributed by atoms with Gasteiger partial charge in [-0.3, -0.25) is 4.79 Å². The number of hydrogen-bond donors (Lipinski definition) is 3. The summed E-state index contributed by atoms with van der Waals surface area (Å²) in [4.78, 5) is 13.7. The number of piperazine rings is 1. The summed E-state index contributed by atoms with van der Waals surface area (Å²) in [7, 11) is -3.27. The monoisotopic (exact) mass is 330 g/mol. The van der Waals surface area contributed by atoms with Crippen LogP contribution in [0.1, 0.15) is 17.3 Å². The van der Waals surface area contributed by atoms with Crippen LogP contribution in [0.15, 0.2) is 12.1 Å². The van der Waals surface area contributed by atoms with Crippen molar-refractivity contribution in [1.29, 1.82) is 0 Å². The lowest BCUT2D eigenvalue weighted by Gasteiger charge is -2.33. The first kappa shape index (κ1) is 16.4. The molecule has 0 saturated carbocycles. The van der Waals surface area contributed by atoms with E-state index in [1.165, 1.54) is 9.21 Å². The van der Waals surface area contributed by atoms with Crippen LogP contribution >= 0.6 is 0 Å². The Hall–Kier alpha value is -2.00. The highest BCUT2D eigenvalue weighted by atomic mass is 32.2. The van der Waals surface area contributed by atoms with E-state index < -0.39 is 33.2 Å². The summed E-state index contributed by atoms with van der Waals surface area (Å²) in [5.74, 6) is -2.29. The van der Waals surface area contributed by atoms with Crippen molar-refractivity contribution in [2.45, 2.75) is 6.92 Å². The molecule has 1 aromatic rings. The fourth-order valence-corrected chi connectivity index (χ4v) is 3.35. The van der Waals surface area contributed by atoms with E-state index in [2.05, 4.69) is 0 Å². The van der Waals surface area contributed by atoms with E-state index in [1.54, 1.807) is 6.92 Å². The summed E-state index contributed by atoms with van der Waals surface area (Å²) in [5, 5.41) is 28.2. The van der Waals surface area contributed by atoms with Gasteiger partial charge in [-0.1, -0.05) is 0 Å². The Kier molecular flexibility index (Phi) is 4.47. The molecular formula is C13H18N2O6S. The molecule has 122 valence electrons. The quantitative estimate of drug-likeness (QED) is 0.667. The lowest BCUT2D eigenvalue weighted by molar-refractivity contribution is 0.0697. The van der Waals surface area contributed by atoms with E-state index in [1.807, 2.05) is 0 Å². The van der Waals surface area contributed by atoms with E-state index in [0.717, 1.165) is 12.1 Å². The van der Waals surface area contributed by atoms with Crippen molar-refractivity contribution in [3.8, 4) is 17.2 Å². The molecule has 9 heteroatoms. The molecule has 2 rings (SSSR count). The second kappa shape index (κ2) is 6.01. The standard InChI is InChI=1S/C13H18N2O6S/c1-2-22(20,21)15-5-3-14(4-6-15)13(19)9-7-10(16)12(18)11(17)8-9/h7-8,16-18H,2-6H2,1H3. The predicted molar refractivity (Wildman–Crippen MR) is 78.4 cm³/mol.